The Labute approximate surface area is 134 Å². The summed E-state index contributed by atoms with van der Waals surface area (Å²) < 4.78 is 0. The Balaban J connectivity index is 1.26. The Morgan fingerprint density at radius 1 is 1.18 bits per heavy atom. The highest BCUT2D eigenvalue weighted by Crippen LogP contribution is 2.41. The van der Waals surface area contributed by atoms with E-state index in [0.717, 1.165) is 44.2 Å². The second-order valence-electron chi connectivity index (χ2n) is 6.23. The van der Waals surface area contributed by atoms with Crippen LogP contribution in [0.2, 0.25) is 0 Å². The largest absolute Gasteiger partial charge is 0.367 e. The number of nitrogens with one attached hydrogen (secondary N) is 1. The molecule has 1 saturated carbocycles. The van der Waals surface area contributed by atoms with Crippen molar-refractivity contribution in [1.82, 2.24) is 19.9 Å². The van der Waals surface area contributed by atoms with Gasteiger partial charge in [0, 0.05) is 48.9 Å². The van der Waals surface area contributed by atoms with Crippen LogP contribution in [0.5, 0.6) is 0 Å². The third-order valence-electron chi connectivity index (χ3n) is 4.40. The van der Waals surface area contributed by atoms with E-state index in [1.54, 1.807) is 12.5 Å². The molecular formula is C16H21N5S. The fourth-order valence-corrected chi connectivity index (χ4v) is 4.08. The highest BCUT2D eigenvalue weighted by molar-refractivity contribution is 7.11. The monoisotopic (exact) mass is 315 g/mol. The van der Waals surface area contributed by atoms with E-state index in [1.165, 1.54) is 22.7 Å². The number of hydrogen-bond acceptors (Lipinski definition) is 6. The van der Waals surface area contributed by atoms with Gasteiger partial charge in [0.15, 0.2) is 0 Å². The van der Waals surface area contributed by atoms with Crippen molar-refractivity contribution in [2.24, 2.45) is 0 Å². The van der Waals surface area contributed by atoms with Gasteiger partial charge in [-0.05, 0) is 31.7 Å². The van der Waals surface area contributed by atoms with Crippen LogP contribution < -0.4 is 5.32 Å². The molecule has 0 unspecified atom stereocenters. The van der Waals surface area contributed by atoms with E-state index in [4.69, 9.17) is 0 Å². The van der Waals surface area contributed by atoms with E-state index in [1.807, 2.05) is 17.4 Å². The lowest BCUT2D eigenvalue weighted by Gasteiger charge is -2.32. The number of thiazole rings is 1. The first kappa shape index (κ1) is 14.1. The van der Waals surface area contributed by atoms with Gasteiger partial charge in [0.25, 0.3) is 0 Å². The van der Waals surface area contributed by atoms with Gasteiger partial charge in [-0.1, -0.05) is 0 Å². The smallest absolute Gasteiger partial charge is 0.129 e. The van der Waals surface area contributed by atoms with Crippen molar-refractivity contribution in [2.75, 3.05) is 18.4 Å². The zero-order chi connectivity index (χ0) is 14.8. The topological polar surface area (TPSA) is 53.9 Å². The molecule has 1 N–H and O–H groups in total. The molecule has 5 nitrogen and oxygen atoms in total. The zero-order valence-electron chi connectivity index (χ0n) is 12.6. The number of hydrogen-bond donors (Lipinski definition) is 1. The maximum absolute atomic E-state index is 4.58. The molecule has 2 aromatic rings. The highest BCUT2D eigenvalue weighted by Gasteiger charge is 2.27. The Kier molecular flexibility index (Phi) is 4.03. The van der Waals surface area contributed by atoms with Crippen LogP contribution in [-0.2, 0) is 6.54 Å². The number of piperidine rings is 1. The average molecular weight is 315 g/mol. The predicted molar refractivity (Wildman–Crippen MR) is 88.0 cm³/mol. The van der Waals surface area contributed by atoms with Crippen LogP contribution >= 0.6 is 11.3 Å². The fraction of sp³-hybridized carbons (Fsp3) is 0.562. The maximum atomic E-state index is 4.58. The van der Waals surface area contributed by atoms with Crippen LogP contribution in [0.1, 0.15) is 41.5 Å². The molecule has 1 saturated heterocycles. The summed E-state index contributed by atoms with van der Waals surface area (Å²) >= 11 is 1.92. The van der Waals surface area contributed by atoms with Gasteiger partial charge in [0.1, 0.15) is 12.1 Å². The fourth-order valence-electron chi connectivity index (χ4n) is 2.96. The molecule has 3 heterocycles. The molecule has 2 fully saturated rings. The van der Waals surface area contributed by atoms with Gasteiger partial charge in [-0.3, -0.25) is 4.90 Å². The Morgan fingerprint density at radius 2 is 2.05 bits per heavy atom. The Morgan fingerprint density at radius 3 is 2.77 bits per heavy atom. The first-order valence-electron chi connectivity index (χ1n) is 8.06. The van der Waals surface area contributed by atoms with E-state index in [2.05, 4.69) is 31.4 Å². The van der Waals surface area contributed by atoms with Crippen LogP contribution in [0, 0.1) is 0 Å². The predicted octanol–water partition coefficient (Wildman–Crippen LogP) is 2.89. The van der Waals surface area contributed by atoms with Gasteiger partial charge in [-0.15, -0.1) is 11.3 Å². The van der Waals surface area contributed by atoms with Crippen molar-refractivity contribution in [3.05, 3.63) is 34.7 Å². The van der Waals surface area contributed by atoms with E-state index >= 15 is 0 Å². The van der Waals surface area contributed by atoms with Gasteiger partial charge < -0.3 is 5.32 Å². The molecule has 22 heavy (non-hydrogen) atoms. The van der Waals surface area contributed by atoms with Gasteiger partial charge in [-0.25, -0.2) is 15.0 Å². The summed E-state index contributed by atoms with van der Waals surface area (Å²) in [6.45, 7) is 3.34. The third kappa shape index (κ3) is 3.44. The summed E-state index contributed by atoms with van der Waals surface area (Å²) in [4.78, 5) is 16.7. The second-order valence-corrected chi connectivity index (χ2v) is 7.38. The van der Waals surface area contributed by atoms with Crippen molar-refractivity contribution >= 4 is 17.2 Å². The summed E-state index contributed by atoms with van der Waals surface area (Å²) in [6, 6.07) is 2.46. The minimum atomic E-state index is 0.523. The molecule has 116 valence electrons. The summed E-state index contributed by atoms with van der Waals surface area (Å²) in [5, 5.41) is 4.86. The number of anilines is 1. The molecule has 4 rings (SSSR count). The van der Waals surface area contributed by atoms with Crippen molar-refractivity contribution in [3.8, 4) is 0 Å². The lowest BCUT2D eigenvalue weighted by molar-refractivity contribution is 0.213. The summed E-state index contributed by atoms with van der Waals surface area (Å²) in [5.74, 6) is 1.71. The maximum Gasteiger partial charge on any atom is 0.129 e. The van der Waals surface area contributed by atoms with Gasteiger partial charge in [-0.2, -0.15) is 0 Å². The number of rotatable bonds is 5. The standard InChI is InChI=1S/C16H21N5S/c1-2-12(1)16-18-9-14(22-16)10-21-7-4-13(5-8-21)20-15-3-6-17-11-19-15/h3,6,9,11-13H,1-2,4-5,7-8,10H2,(H,17,19,20). The van der Waals surface area contributed by atoms with E-state index in [-0.39, 0.29) is 0 Å². The normalized spacial score (nSPS) is 20.2. The lowest BCUT2D eigenvalue weighted by Crippen LogP contribution is -2.38. The lowest BCUT2D eigenvalue weighted by atomic mass is 10.1. The van der Waals surface area contributed by atoms with Crippen molar-refractivity contribution in [2.45, 2.75) is 44.2 Å². The van der Waals surface area contributed by atoms with E-state index in [0.29, 0.717) is 6.04 Å². The first-order valence-corrected chi connectivity index (χ1v) is 8.88. The molecule has 0 atom stereocenters. The molecule has 0 aromatic carbocycles. The summed E-state index contributed by atoms with van der Waals surface area (Å²) in [5.41, 5.74) is 0. The molecule has 0 radical (unpaired) electrons. The number of likely N-dealkylation sites (tertiary alicyclic amines) is 1. The molecule has 1 aliphatic heterocycles. The average Bonchev–Trinajstić information content (AvgIpc) is 3.30. The van der Waals surface area contributed by atoms with Crippen molar-refractivity contribution in [1.29, 1.82) is 0 Å². The third-order valence-corrected chi connectivity index (χ3v) is 5.54. The number of aromatic nitrogens is 3. The minimum absolute atomic E-state index is 0.523. The molecule has 0 bridgehead atoms. The Hall–Kier alpha value is -1.53. The molecule has 0 amide bonds. The quantitative estimate of drug-likeness (QED) is 0.919. The first-order chi connectivity index (χ1) is 10.9. The van der Waals surface area contributed by atoms with Gasteiger partial charge >= 0.3 is 0 Å². The molecule has 0 spiro atoms. The van der Waals surface area contributed by atoms with E-state index < -0.39 is 0 Å². The summed E-state index contributed by atoms with van der Waals surface area (Å²) in [7, 11) is 0. The summed E-state index contributed by atoms with van der Waals surface area (Å²) in [6.07, 6.45) is 10.5. The van der Waals surface area contributed by atoms with E-state index in [9.17, 15) is 0 Å². The zero-order valence-corrected chi connectivity index (χ0v) is 13.4. The van der Waals surface area contributed by atoms with Crippen LogP contribution in [0.4, 0.5) is 5.82 Å². The van der Waals surface area contributed by atoms with Crippen LogP contribution in [0.15, 0.2) is 24.8 Å². The van der Waals surface area contributed by atoms with Crippen LogP contribution in [0.25, 0.3) is 0 Å². The Bertz CT molecular complexity index is 602. The van der Waals surface area contributed by atoms with Gasteiger partial charge in [0.2, 0.25) is 0 Å². The second kappa shape index (κ2) is 6.30. The molecule has 2 aliphatic rings. The van der Waals surface area contributed by atoms with Gasteiger partial charge in [0.05, 0.1) is 5.01 Å². The van der Waals surface area contributed by atoms with Crippen LogP contribution in [-0.4, -0.2) is 39.0 Å². The molecular weight excluding hydrogens is 294 g/mol. The molecule has 1 aliphatic carbocycles. The minimum Gasteiger partial charge on any atom is -0.367 e. The molecule has 6 heteroatoms. The number of nitrogens with zero attached hydrogens (tertiary/aromatic N) is 4. The van der Waals surface area contributed by atoms with Crippen LogP contribution in [0.3, 0.4) is 0 Å². The molecule has 2 aromatic heterocycles. The van der Waals surface area contributed by atoms with Crippen molar-refractivity contribution in [3.63, 3.8) is 0 Å². The SMILES string of the molecule is c1cc(NC2CCN(Cc3cnc(C4CC4)s3)CC2)ncn1. The van der Waals surface area contributed by atoms with Crippen molar-refractivity contribution < 1.29 is 0 Å². The highest BCUT2D eigenvalue weighted by atomic mass is 32.1.